The molecule has 0 spiro atoms. The molecule has 1 aromatic carbocycles. The van der Waals surface area contributed by atoms with Crippen molar-refractivity contribution in [2.45, 2.75) is 25.8 Å². The van der Waals surface area contributed by atoms with Crippen molar-refractivity contribution in [3.63, 3.8) is 0 Å². The number of H-pyrrole nitrogens is 1. The van der Waals surface area contributed by atoms with E-state index in [2.05, 4.69) is 27.8 Å². The van der Waals surface area contributed by atoms with E-state index in [4.69, 9.17) is 16.0 Å². The van der Waals surface area contributed by atoms with Crippen LogP contribution in [0, 0.1) is 11.7 Å². The maximum absolute atomic E-state index is 14.1. The van der Waals surface area contributed by atoms with Crippen molar-refractivity contribution in [2.75, 3.05) is 18.4 Å². The highest BCUT2D eigenvalue weighted by Gasteiger charge is 2.22. The Labute approximate surface area is 149 Å². The Balaban J connectivity index is 0.00000208. The number of halogens is 3. The second kappa shape index (κ2) is 8.00. The second-order valence-corrected chi connectivity index (χ2v) is 6.14. The maximum Gasteiger partial charge on any atom is 0.434 e. The second-order valence-electron chi connectivity index (χ2n) is 5.76. The number of nitrogens with one attached hydrogen (secondary N) is 3. The summed E-state index contributed by atoms with van der Waals surface area (Å²) in [5, 5.41) is 12.5. The third-order valence-electron chi connectivity index (χ3n) is 4.19. The summed E-state index contributed by atoms with van der Waals surface area (Å²) in [5.41, 5.74) is 0.823. The van der Waals surface area contributed by atoms with E-state index >= 15 is 0 Å². The van der Waals surface area contributed by atoms with Crippen LogP contribution in [0.25, 0.3) is 11.5 Å². The first-order valence-electron chi connectivity index (χ1n) is 7.57. The molecule has 1 saturated heterocycles. The van der Waals surface area contributed by atoms with Crippen LogP contribution in [0.5, 0.6) is 0 Å². The number of anilines is 1. The third kappa shape index (κ3) is 4.09. The number of aromatic amines is 1. The molecule has 0 radical (unpaired) electrons. The molecule has 1 fully saturated rings. The van der Waals surface area contributed by atoms with Crippen LogP contribution >= 0.6 is 24.0 Å². The van der Waals surface area contributed by atoms with Gasteiger partial charge < -0.3 is 15.1 Å². The minimum atomic E-state index is -0.687. The molecule has 1 aromatic heterocycles. The Morgan fingerprint density at radius 2 is 2.12 bits per heavy atom. The van der Waals surface area contributed by atoms with Gasteiger partial charge in [0.1, 0.15) is 5.82 Å². The van der Waals surface area contributed by atoms with Gasteiger partial charge in [0.05, 0.1) is 10.7 Å². The van der Waals surface area contributed by atoms with Crippen molar-refractivity contribution >= 4 is 29.7 Å². The molecule has 6 nitrogen and oxygen atoms in total. The Morgan fingerprint density at radius 3 is 2.75 bits per heavy atom. The van der Waals surface area contributed by atoms with E-state index in [0.29, 0.717) is 17.2 Å². The molecule has 0 saturated carbocycles. The fraction of sp³-hybridized carbons (Fsp3) is 0.467. The standard InChI is InChI=1S/C15H18ClFN4O2.ClH/c1-8(9-2-4-18-5-3-9)19-12-7-10(6-11(17)13(12)16)14-20-21-15(22)23-14;/h6-9,18-19H,2-5H2,1H3,(H,21,22);1H. The van der Waals surface area contributed by atoms with Crippen LogP contribution in [0.2, 0.25) is 5.02 Å². The van der Waals surface area contributed by atoms with Crippen LogP contribution in [0.15, 0.2) is 21.3 Å². The van der Waals surface area contributed by atoms with Crippen LogP contribution in [0.4, 0.5) is 10.1 Å². The molecule has 0 bridgehead atoms. The zero-order chi connectivity index (χ0) is 16.4. The minimum absolute atomic E-state index is 0. The van der Waals surface area contributed by atoms with Crippen molar-refractivity contribution < 1.29 is 8.81 Å². The molecule has 1 aliphatic rings. The number of piperidine rings is 1. The zero-order valence-electron chi connectivity index (χ0n) is 13.1. The van der Waals surface area contributed by atoms with Gasteiger partial charge in [0, 0.05) is 11.6 Å². The van der Waals surface area contributed by atoms with E-state index in [9.17, 15) is 9.18 Å². The van der Waals surface area contributed by atoms with Crippen LogP contribution in [0.1, 0.15) is 19.8 Å². The lowest BCUT2D eigenvalue weighted by atomic mass is 9.91. The number of aromatic nitrogens is 2. The normalized spacial score (nSPS) is 16.5. The molecular weight excluding hydrogens is 358 g/mol. The van der Waals surface area contributed by atoms with Gasteiger partial charge in [-0.25, -0.2) is 14.3 Å². The highest BCUT2D eigenvalue weighted by atomic mass is 35.5. The zero-order valence-corrected chi connectivity index (χ0v) is 14.6. The van der Waals surface area contributed by atoms with E-state index in [0.717, 1.165) is 25.9 Å². The van der Waals surface area contributed by atoms with Crippen molar-refractivity contribution in [2.24, 2.45) is 5.92 Å². The summed E-state index contributed by atoms with van der Waals surface area (Å²) < 4.78 is 19.0. The Hall–Kier alpha value is -1.57. The summed E-state index contributed by atoms with van der Waals surface area (Å²) in [6, 6.07) is 2.99. The summed E-state index contributed by atoms with van der Waals surface area (Å²) in [4.78, 5) is 11.1. The number of benzene rings is 1. The predicted octanol–water partition coefficient (Wildman–Crippen LogP) is 3.04. The maximum atomic E-state index is 14.1. The predicted molar refractivity (Wildman–Crippen MR) is 93.5 cm³/mol. The van der Waals surface area contributed by atoms with Crippen LogP contribution in [-0.4, -0.2) is 29.3 Å². The lowest BCUT2D eigenvalue weighted by Gasteiger charge is -2.29. The molecule has 9 heteroatoms. The third-order valence-corrected chi connectivity index (χ3v) is 4.57. The van der Waals surface area contributed by atoms with E-state index in [1.165, 1.54) is 6.07 Å². The summed E-state index contributed by atoms with van der Waals surface area (Å²) in [7, 11) is 0. The molecule has 1 atom stereocenters. The Bertz CT molecular complexity index is 743. The van der Waals surface area contributed by atoms with E-state index in [-0.39, 0.29) is 29.4 Å². The van der Waals surface area contributed by atoms with E-state index in [1.807, 2.05) is 0 Å². The van der Waals surface area contributed by atoms with Gasteiger partial charge >= 0.3 is 5.76 Å². The molecule has 2 aromatic rings. The summed E-state index contributed by atoms with van der Waals surface area (Å²) in [6.07, 6.45) is 2.12. The first-order valence-corrected chi connectivity index (χ1v) is 7.94. The van der Waals surface area contributed by atoms with Crippen molar-refractivity contribution in [3.05, 3.63) is 33.5 Å². The Morgan fingerprint density at radius 1 is 1.42 bits per heavy atom. The fourth-order valence-electron chi connectivity index (χ4n) is 2.88. The lowest BCUT2D eigenvalue weighted by molar-refractivity contribution is 0.343. The fourth-order valence-corrected chi connectivity index (χ4v) is 3.04. The largest absolute Gasteiger partial charge is 0.434 e. The molecule has 0 aliphatic carbocycles. The van der Waals surface area contributed by atoms with Gasteiger partial charge in [0.25, 0.3) is 0 Å². The molecule has 24 heavy (non-hydrogen) atoms. The van der Waals surface area contributed by atoms with Crippen molar-refractivity contribution in [1.82, 2.24) is 15.5 Å². The number of rotatable bonds is 4. The summed E-state index contributed by atoms with van der Waals surface area (Å²) >= 11 is 6.07. The number of hydrogen-bond acceptors (Lipinski definition) is 5. The van der Waals surface area contributed by atoms with Crippen LogP contribution in [0.3, 0.4) is 0 Å². The van der Waals surface area contributed by atoms with Crippen molar-refractivity contribution in [3.8, 4) is 11.5 Å². The van der Waals surface area contributed by atoms with Crippen LogP contribution < -0.4 is 16.4 Å². The van der Waals surface area contributed by atoms with Gasteiger partial charge in [-0.3, -0.25) is 0 Å². The number of nitrogens with zero attached hydrogens (tertiary/aromatic N) is 1. The smallest absolute Gasteiger partial charge is 0.388 e. The SMILES string of the molecule is CC(Nc1cc(-c2n[nH]c(=O)o2)cc(F)c1Cl)C1CCNCC1.Cl. The molecule has 1 aliphatic heterocycles. The van der Waals surface area contributed by atoms with Gasteiger partial charge in [-0.15, -0.1) is 17.5 Å². The van der Waals surface area contributed by atoms with Gasteiger partial charge in [-0.05, 0) is 50.9 Å². The first kappa shape index (κ1) is 18.8. The summed E-state index contributed by atoms with van der Waals surface area (Å²) in [5.74, 6) is -0.756. The minimum Gasteiger partial charge on any atom is -0.388 e. The lowest BCUT2D eigenvalue weighted by Crippen LogP contribution is -2.36. The van der Waals surface area contributed by atoms with Gasteiger partial charge in [-0.2, -0.15) is 0 Å². The highest BCUT2D eigenvalue weighted by Crippen LogP contribution is 2.32. The van der Waals surface area contributed by atoms with Crippen molar-refractivity contribution in [1.29, 1.82) is 0 Å². The Kier molecular flexibility index (Phi) is 6.26. The number of hydrogen-bond donors (Lipinski definition) is 3. The van der Waals surface area contributed by atoms with Gasteiger partial charge in [0.15, 0.2) is 0 Å². The first-order chi connectivity index (χ1) is 11.0. The molecule has 3 N–H and O–H groups in total. The highest BCUT2D eigenvalue weighted by molar-refractivity contribution is 6.33. The molecule has 3 rings (SSSR count). The van der Waals surface area contributed by atoms with E-state index < -0.39 is 11.6 Å². The topological polar surface area (TPSA) is 83.0 Å². The van der Waals surface area contributed by atoms with Gasteiger partial charge in [0.2, 0.25) is 5.89 Å². The summed E-state index contributed by atoms with van der Waals surface area (Å²) in [6.45, 7) is 4.03. The van der Waals surface area contributed by atoms with E-state index in [1.54, 1.807) is 6.07 Å². The molecular formula is C15H19Cl2FN4O2. The molecule has 132 valence electrons. The van der Waals surface area contributed by atoms with Gasteiger partial charge in [-0.1, -0.05) is 11.6 Å². The quantitative estimate of drug-likeness (QED) is 0.763. The molecule has 1 unspecified atom stereocenters. The average Bonchev–Trinajstić information content (AvgIpc) is 2.99. The monoisotopic (exact) mass is 376 g/mol. The van der Waals surface area contributed by atoms with Crippen LogP contribution in [-0.2, 0) is 0 Å². The molecule has 2 heterocycles. The molecule has 0 amide bonds. The average molecular weight is 377 g/mol.